The molecule has 7 nitrogen and oxygen atoms in total. The molecule has 0 saturated heterocycles. The van der Waals surface area contributed by atoms with E-state index in [1.165, 1.54) is 19.2 Å². The third kappa shape index (κ3) is 4.13. The Morgan fingerprint density at radius 3 is 2.66 bits per heavy atom. The van der Waals surface area contributed by atoms with Crippen molar-refractivity contribution in [2.45, 2.75) is 19.4 Å². The number of alkyl halides is 2. The molecule has 154 valence electrons. The summed E-state index contributed by atoms with van der Waals surface area (Å²) in [6.45, 7) is -1.12. The summed E-state index contributed by atoms with van der Waals surface area (Å²) in [4.78, 5) is 25.7. The number of carboxylic acids is 1. The number of hydrogen-bond acceptors (Lipinski definition) is 5. The predicted octanol–water partition coefficient (Wildman–Crippen LogP) is 3.50. The third-order valence-electron chi connectivity index (χ3n) is 4.62. The third-order valence-corrected chi connectivity index (χ3v) is 4.62. The Kier molecular flexibility index (Phi) is 5.66. The van der Waals surface area contributed by atoms with E-state index < -0.39 is 54.6 Å². The number of H-pyrrole nitrogens is 1. The summed E-state index contributed by atoms with van der Waals surface area (Å²) in [7, 11) is 0. The highest BCUT2D eigenvalue weighted by atomic mass is 19.1. The Labute approximate surface area is 162 Å². The molecule has 0 radical (unpaired) electrons. The number of carboxylic acid groups (broad SMARTS) is 1. The lowest BCUT2D eigenvalue weighted by molar-refractivity contribution is -0.138. The Morgan fingerprint density at radius 1 is 1.28 bits per heavy atom. The van der Waals surface area contributed by atoms with Crippen molar-refractivity contribution < 1.29 is 27.5 Å². The van der Waals surface area contributed by atoms with Gasteiger partial charge in [-0.15, -0.1) is 0 Å². The first-order chi connectivity index (χ1) is 13.8. The fourth-order valence-electron chi connectivity index (χ4n) is 2.79. The van der Waals surface area contributed by atoms with Crippen molar-refractivity contribution >= 4 is 22.8 Å². The van der Waals surface area contributed by atoms with Gasteiger partial charge in [-0.1, -0.05) is 6.92 Å². The first-order valence-electron chi connectivity index (χ1n) is 8.53. The molecule has 0 amide bonds. The first kappa shape index (κ1) is 20.5. The second-order valence-electron chi connectivity index (χ2n) is 6.86. The van der Waals surface area contributed by atoms with Crippen LogP contribution in [-0.2, 0) is 4.79 Å². The molecule has 3 rings (SSSR count). The number of fused-ring (bicyclic) bond motifs is 1. The maximum absolute atomic E-state index is 14.3. The van der Waals surface area contributed by atoms with E-state index in [1.54, 1.807) is 0 Å². The fraction of sp³-hybridized carbons (Fsp3) is 0.333. The van der Waals surface area contributed by atoms with E-state index in [0.717, 1.165) is 12.4 Å². The Bertz CT molecular complexity index is 1040. The number of rotatable bonds is 8. The van der Waals surface area contributed by atoms with Crippen molar-refractivity contribution in [3.05, 3.63) is 36.3 Å². The number of aromatic amines is 1. The van der Waals surface area contributed by atoms with E-state index >= 15 is 0 Å². The van der Waals surface area contributed by atoms with Gasteiger partial charge >= 0.3 is 5.97 Å². The molecular weight excluding hydrogens is 394 g/mol. The SMILES string of the molecule is CC(CF)(CF)C(CC(=O)O)Nc1nc(-c2c[nH]c3ncc(F)cc23)ncc1F. The quantitative estimate of drug-likeness (QED) is 0.490. The molecule has 3 heterocycles. The van der Waals surface area contributed by atoms with Gasteiger partial charge in [-0.2, -0.15) is 0 Å². The molecule has 0 fully saturated rings. The monoisotopic (exact) mass is 411 g/mol. The average Bonchev–Trinajstić information content (AvgIpc) is 3.11. The maximum Gasteiger partial charge on any atom is 0.305 e. The van der Waals surface area contributed by atoms with Gasteiger partial charge in [0.15, 0.2) is 17.5 Å². The van der Waals surface area contributed by atoms with Crippen LogP contribution in [0.25, 0.3) is 22.4 Å². The minimum Gasteiger partial charge on any atom is -0.481 e. The maximum atomic E-state index is 14.3. The van der Waals surface area contributed by atoms with Gasteiger partial charge in [-0.25, -0.2) is 23.7 Å². The van der Waals surface area contributed by atoms with Gasteiger partial charge in [0.05, 0.1) is 32.2 Å². The molecule has 0 aliphatic rings. The largest absolute Gasteiger partial charge is 0.481 e. The van der Waals surface area contributed by atoms with Crippen LogP contribution in [0.1, 0.15) is 13.3 Å². The number of hydrogen-bond donors (Lipinski definition) is 3. The molecule has 11 heteroatoms. The first-order valence-corrected chi connectivity index (χ1v) is 8.53. The molecular formula is C18H17F4N5O2. The molecule has 0 aromatic carbocycles. The fourth-order valence-corrected chi connectivity index (χ4v) is 2.79. The van der Waals surface area contributed by atoms with Gasteiger partial charge in [0, 0.05) is 28.6 Å². The van der Waals surface area contributed by atoms with Crippen molar-refractivity contribution in [3.8, 4) is 11.4 Å². The van der Waals surface area contributed by atoms with Gasteiger partial charge in [0.25, 0.3) is 0 Å². The van der Waals surface area contributed by atoms with E-state index in [9.17, 15) is 22.4 Å². The van der Waals surface area contributed by atoms with Crippen LogP contribution in [0.15, 0.2) is 24.7 Å². The number of nitrogens with one attached hydrogen (secondary N) is 2. The highest BCUT2D eigenvalue weighted by molar-refractivity contribution is 5.91. The van der Waals surface area contributed by atoms with Gasteiger partial charge in [-0.3, -0.25) is 13.6 Å². The summed E-state index contributed by atoms with van der Waals surface area (Å²) >= 11 is 0. The average molecular weight is 411 g/mol. The van der Waals surface area contributed by atoms with Gasteiger partial charge in [0.1, 0.15) is 11.5 Å². The Balaban J connectivity index is 2.01. The molecule has 29 heavy (non-hydrogen) atoms. The van der Waals surface area contributed by atoms with Crippen LogP contribution in [0.5, 0.6) is 0 Å². The highest BCUT2D eigenvalue weighted by Crippen LogP contribution is 2.31. The lowest BCUT2D eigenvalue weighted by Crippen LogP contribution is -2.43. The molecule has 0 saturated carbocycles. The number of nitrogens with zero attached hydrogens (tertiary/aromatic N) is 3. The van der Waals surface area contributed by atoms with E-state index in [-0.39, 0.29) is 5.82 Å². The van der Waals surface area contributed by atoms with Crippen LogP contribution >= 0.6 is 0 Å². The zero-order chi connectivity index (χ0) is 21.2. The normalized spacial score (nSPS) is 12.9. The topological polar surface area (TPSA) is 104 Å². The van der Waals surface area contributed by atoms with E-state index in [1.807, 2.05) is 0 Å². The van der Waals surface area contributed by atoms with E-state index in [4.69, 9.17) is 5.11 Å². The molecule has 1 unspecified atom stereocenters. The number of halogens is 4. The zero-order valence-electron chi connectivity index (χ0n) is 15.2. The number of carbonyl (C=O) groups is 1. The zero-order valence-corrected chi connectivity index (χ0v) is 15.2. The minimum atomic E-state index is -1.70. The minimum absolute atomic E-state index is 0.0103. The molecule has 1 atom stereocenters. The number of pyridine rings is 1. The summed E-state index contributed by atoms with van der Waals surface area (Å²) in [5.41, 5.74) is -1.03. The smallest absolute Gasteiger partial charge is 0.305 e. The van der Waals surface area contributed by atoms with Crippen LogP contribution in [0.3, 0.4) is 0 Å². The number of aliphatic carboxylic acids is 1. The molecule has 3 aromatic rings. The standard InChI is InChI=1S/C18H17F4N5O2/c1-18(7-19,8-20)13(3-14(28)29)26-17-12(22)6-25-16(27-17)11-5-24-15-10(11)2-9(21)4-23-15/h2,4-6,13H,3,7-8H2,1H3,(H,23,24)(H,28,29)(H,25,26,27). The summed E-state index contributed by atoms with van der Waals surface area (Å²) in [5, 5.41) is 11.9. The summed E-state index contributed by atoms with van der Waals surface area (Å²) in [6, 6.07) is -0.0841. The Hall–Kier alpha value is -3.24. The molecule has 3 aromatic heterocycles. The highest BCUT2D eigenvalue weighted by Gasteiger charge is 2.37. The molecule has 0 aliphatic carbocycles. The van der Waals surface area contributed by atoms with Crippen molar-refractivity contribution in [2.75, 3.05) is 18.7 Å². The van der Waals surface area contributed by atoms with Crippen LogP contribution in [-0.4, -0.2) is 50.4 Å². The van der Waals surface area contributed by atoms with Crippen molar-refractivity contribution in [1.29, 1.82) is 0 Å². The van der Waals surface area contributed by atoms with E-state index in [2.05, 4.69) is 25.3 Å². The van der Waals surface area contributed by atoms with Crippen LogP contribution in [0.2, 0.25) is 0 Å². The van der Waals surface area contributed by atoms with Crippen molar-refractivity contribution in [2.24, 2.45) is 5.41 Å². The molecule has 0 spiro atoms. The van der Waals surface area contributed by atoms with Gasteiger partial charge in [-0.05, 0) is 6.07 Å². The van der Waals surface area contributed by atoms with Gasteiger partial charge in [0.2, 0.25) is 0 Å². The van der Waals surface area contributed by atoms with Crippen LogP contribution < -0.4 is 5.32 Å². The lowest BCUT2D eigenvalue weighted by Gasteiger charge is -2.33. The molecule has 0 aliphatic heterocycles. The second-order valence-corrected chi connectivity index (χ2v) is 6.86. The van der Waals surface area contributed by atoms with Crippen LogP contribution in [0, 0.1) is 17.0 Å². The number of aromatic nitrogens is 4. The molecule has 0 bridgehead atoms. The van der Waals surface area contributed by atoms with Gasteiger partial charge < -0.3 is 15.4 Å². The molecule has 3 N–H and O–H groups in total. The number of anilines is 1. The predicted molar refractivity (Wildman–Crippen MR) is 96.8 cm³/mol. The summed E-state index contributed by atoms with van der Waals surface area (Å²) in [5.74, 6) is -3.28. The van der Waals surface area contributed by atoms with Crippen LogP contribution in [0.4, 0.5) is 23.4 Å². The van der Waals surface area contributed by atoms with Crippen molar-refractivity contribution in [1.82, 2.24) is 19.9 Å². The van der Waals surface area contributed by atoms with Crippen molar-refractivity contribution in [3.63, 3.8) is 0 Å². The Morgan fingerprint density at radius 2 is 2.00 bits per heavy atom. The van der Waals surface area contributed by atoms with E-state index in [0.29, 0.717) is 16.6 Å². The second kappa shape index (κ2) is 8.02. The summed E-state index contributed by atoms with van der Waals surface area (Å²) < 4.78 is 54.7. The lowest BCUT2D eigenvalue weighted by atomic mass is 9.83. The summed E-state index contributed by atoms with van der Waals surface area (Å²) in [6.07, 6.45) is 2.64.